The molecule has 0 amide bonds. The molecule has 2 rings (SSSR count). The van der Waals surface area contributed by atoms with Crippen LogP contribution in [-0.4, -0.2) is 25.7 Å². The van der Waals surface area contributed by atoms with E-state index in [0.29, 0.717) is 11.5 Å². The van der Waals surface area contributed by atoms with Crippen LogP contribution in [0.25, 0.3) is 10.6 Å². The molecule has 0 saturated carbocycles. The number of benzene rings is 1. The van der Waals surface area contributed by atoms with Crippen LogP contribution in [0.1, 0.15) is 11.8 Å². The number of ether oxygens (including phenoxy) is 2. The highest BCUT2D eigenvalue weighted by Crippen LogP contribution is 2.39. The standard InChI is InChI=1S/C14H17BrN2O2S/c1-4-16-7-9-8-17-14(20-9)10-5-12(18-2)13(19-3)6-11(10)15/h5-6,8,16H,4,7H2,1-3H3. The first-order valence-corrected chi connectivity index (χ1v) is 7.87. The minimum atomic E-state index is 0.701. The van der Waals surface area contributed by atoms with E-state index in [1.807, 2.05) is 18.3 Å². The Labute approximate surface area is 131 Å². The maximum Gasteiger partial charge on any atom is 0.161 e. The Morgan fingerprint density at radius 3 is 2.60 bits per heavy atom. The number of hydrogen-bond acceptors (Lipinski definition) is 5. The molecule has 108 valence electrons. The van der Waals surface area contributed by atoms with Gasteiger partial charge in [-0.15, -0.1) is 11.3 Å². The SMILES string of the molecule is CCNCc1cnc(-c2cc(OC)c(OC)cc2Br)s1. The lowest BCUT2D eigenvalue weighted by molar-refractivity contribution is 0.355. The average Bonchev–Trinajstić information content (AvgIpc) is 2.93. The van der Waals surface area contributed by atoms with Gasteiger partial charge < -0.3 is 14.8 Å². The van der Waals surface area contributed by atoms with Gasteiger partial charge in [0, 0.05) is 27.7 Å². The number of nitrogens with zero attached hydrogens (tertiary/aromatic N) is 1. The van der Waals surface area contributed by atoms with Crippen LogP contribution in [0.2, 0.25) is 0 Å². The van der Waals surface area contributed by atoms with Crippen molar-refractivity contribution < 1.29 is 9.47 Å². The molecule has 6 heteroatoms. The minimum Gasteiger partial charge on any atom is -0.493 e. The van der Waals surface area contributed by atoms with Crippen LogP contribution in [0.4, 0.5) is 0 Å². The lowest BCUT2D eigenvalue weighted by atomic mass is 10.2. The third-order valence-corrected chi connectivity index (χ3v) is 4.49. The van der Waals surface area contributed by atoms with E-state index in [2.05, 4.69) is 33.2 Å². The summed E-state index contributed by atoms with van der Waals surface area (Å²) in [4.78, 5) is 5.69. The topological polar surface area (TPSA) is 43.4 Å². The number of rotatable bonds is 6. The lowest BCUT2D eigenvalue weighted by Crippen LogP contribution is -2.10. The molecule has 2 aromatic rings. The minimum absolute atomic E-state index is 0.701. The summed E-state index contributed by atoms with van der Waals surface area (Å²) in [6.07, 6.45) is 1.91. The van der Waals surface area contributed by atoms with E-state index in [9.17, 15) is 0 Å². The smallest absolute Gasteiger partial charge is 0.161 e. The van der Waals surface area contributed by atoms with Gasteiger partial charge in [0.05, 0.1) is 14.2 Å². The summed E-state index contributed by atoms with van der Waals surface area (Å²) in [6.45, 7) is 3.89. The summed E-state index contributed by atoms with van der Waals surface area (Å²) in [6, 6.07) is 3.85. The third-order valence-electron chi connectivity index (χ3n) is 2.81. The van der Waals surface area contributed by atoms with Gasteiger partial charge in [-0.05, 0) is 34.6 Å². The molecule has 0 aliphatic carbocycles. The molecule has 0 saturated heterocycles. The fraction of sp³-hybridized carbons (Fsp3) is 0.357. The summed E-state index contributed by atoms with van der Waals surface area (Å²) >= 11 is 5.24. The van der Waals surface area contributed by atoms with E-state index in [1.165, 1.54) is 4.88 Å². The summed E-state index contributed by atoms with van der Waals surface area (Å²) in [5, 5.41) is 4.26. The zero-order valence-electron chi connectivity index (χ0n) is 11.7. The van der Waals surface area contributed by atoms with Gasteiger partial charge in [-0.1, -0.05) is 6.92 Å². The van der Waals surface area contributed by atoms with E-state index >= 15 is 0 Å². The largest absolute Gasteiger partial charge is 0.493 e. The number of hydrogen-bond donors (Lipinski definition) is 1. The van der Waals surface area contributed by atoms with Gasteiger partial charge in [-0.3, -0.25) is 0 Å². The normalized spacial score (nSPS) is 10.6. The van der Waals surface area contributed by atoms with E-state index in [0.717, 1.165) is 28.1 Å². The van der Waals surface area contributed by atoms with Crippen molar-refractivity contribution in [3.8, 4) is 22.1 Å². The van der Waals surface area contributed by atoms with Crippen LogP contribution < -0.4 is 14.8 Å². The van der Waals surface area contributed by atoms with Crippen molar-refractivity contribution in [2.45, 2.75) is 13.5 Å². The maximum absolute atomic E-state index is 5.34. The van der Waals surface area contributed by atoms with E-state index in [4.69, 9.17) is 9.47 Å². The van der Waals surface area contributed by atoms with Crippen molar-refractivity contribution in [3.05, 3.63) is 27.7 Å². The third kappa shape index (κ3) is 3.31. The Morgan fingerprint density at radius 2 is 1.95 bits per heavy atom. The van der Waals surface area contributed by atoms with Gasteiger partial charge in [0.25, 0.3) is 0 Å². The molecule has 0 unspecified atom stereocenters. The molecular formula is C14H17BrN2O2S. The number of aromatic nitrogens is 1. The molecule has 0 spiro atoms. The van der Waals surface area contributed by atoms with Crippen LogP contribution >= 0.6 is 27.3 Å². The summed E-state index contributed by atoms with van der Waals surface area (Å²) in [5.74, 6) is 1.40. The van der Waals surface area contributed by atoms with Gasteiger partial charge in [-0.25, -0.2) is 4.98 Å². The van der Waals surface area contributed by atoms with E-state index in [-0.39, 0.29) is 0 Å². The van der Waals surface area contributed by atoms with Crippen molar-refractivity contribution in [1.29, 1.82) is 0 Å². The van der Waals surface area contributed by atoms with Crippen molar-refractivity contribution in [1.82, 2.24) is 10.3 Å². The molecule has 4 nitrogen and oxygen atoms in total. The first-order valence-electron chi connectivity index (χ1n) is 6.26. The Balaban J connectivity index is 2.34. The monoisotopic (exact) mass is 356 g/mol. The molecule has 0 atom stereocenters. The summed E-state index contributed by atoms with van der Waals surface area (Å²) in [5.41, 5.74) is 1.01. The highest BCUT2D eigenvalue weighted by atomic mass is 79.9. The van der Waals surface area contributed by atoms with Crippen molar-refractivity contribution >= 4 is 27.3 Å². The zero-order chi connectivity index (χ0) is 14.5. The molecule has 1 heterocycles. The second-order valence-electron chi connectivity index (χ2n) is 4.10. The van der Waals surface area contributed by atoms with Crippen molar-refractivity contribution in [3.63, 3.8) is 0 Å². The van der Waals surface area contributed by atoms with Gasteiger partial charge in [-0.2, -0.15) is 0 Å². The van der Waals surface area contributed by atoms with Crippen molar-refractivity contribution in [2.24, 2.45) is 0 Å². The highest BCUT2D eigenvalue weighted by molar-refractivity contribution is 9.10. The Bertz CT molecular complexity index is 587. The fourth-order valence-electron chi connectivity index (χ4n) is 1.78. The number of thiazole rings is 1. The summed E-state index contributed by atoms with van der Waals surface area (Å²) in [7, 11) is 3.26. The van der Waals surface area contributed by atoms with Gasteiger partial charge in [0.1, 0.15) is 5.01 Å². The molecule has 0 radical (unpaired) electrons. The Morgan fingerprint density at radius 1 is 1.25 bits per heavy atom. The Hall–Kier alpha value is -1.11. The van der Waals surface area contributed by atoms with Crippen LogP contribution in [0.3, 0.4) is 0 Å². The predicted octanol–water partition coefficient (Wildman–Crippen LogP) is 3.70. The number of halogens is 1. The van der Waals surface area contributed by atoms with Crippen LogP contribution in [0.15, 0.2) is 22.8 Å². The molecule has 1 aromatic heterocycles. The first-order chi connectivity index (χ1) is 9.69. The second kappa shape index (κ2) is 7.06. The molecule has 1 aromatic carbocycles. The molecule has 0 aliphatic heterocycles. The zero-order valence-corrected chi connectivity index (χ0v) is 14.1. The molecule has 0 aliphatic rings. The lowest BCUT2D eigenvalue weighted by Gasteiger charge is -2.10. The molecule has 0 fully saturated rings. The molecular weight excluding hydrogens is 340 g/mol. The van der Waals surface area contributed by atoms with Crippen LogP contribution in [-0.2, 0) is 6.54 Å². The molecule has 0 bridgehead atoms. The van der Waals surface area contributed by atoms with E-state index in [1.54, 1.807) is 25.6 Å². The highest BCUT2D eigenvalue weighted by Gasteiger charge is 2.13. The molecule has 20 heavy (non-hydrogen) atoms. The summed E-state index contributed by atoms with van der Waals surface area (Å²) < 4.78 is 11.6. The van der Waals surface area contributed by atoms with Crippen LogP contribution in [0, 0.1) is 0 Å². The van der Waals surface area contributed by atoms with Gasteiger partial charge >= 0.3 is 0 Å². The molecule has 1 N–H and O–H groups in total. The Kier molecular flexibility index (Phi) is 5.39. The number of nitrogens with one attached hydrogen (secondary N) is 1. The van der Waals surface area contributed by atoms with Crippen molar-refractivity contribution in [2.75, 3.05) is 20.8 Å². The predicted molar refractivity (Wildman–Crippen MR) is 85.7 cm³/mol. The van der Waals surface area contributed by atoms with Gasteiger partial charge in [0.2, 0.25) is 0 Å². The second-order valence-corrected chi connectivity index (χ2v) is 6.07. The van der Waals surface area contributed by atoms with Gasteiger partial charge in [0.15, 0.2) is 11.5 Å². The fourth-order valence-corrected chi connectivity index (χ4v) is 3.33. The van der Waals surface area contributed by atoms with Crippen LogP contribution in [0.5, 0.6) is 11.5 Å². The first kappa shape index (κ1) is 15.3. The maximum atomic E-state index is 5.34. The van der Waals surface area contributed by atoms with E-state index < -0.39 is 0 Å². The number of methoxy groups -OCH3 is 2. The quantitative estimate of drug-likeness (QED) is 0.856. The average molecular weight is 357 g/mol.